The predicted molar refractivity (Wildman–Crippen MR) is 143 cm³/mol. The van der Waals surface area contributed by atoms with Crippen molar-refractivity contribution in [1.82, 2.24) is 5.43 Å². The first-order chi connectivity index (χ1) is 17.9. The van der Waals surface area contributed by atoms with Gasteiger partial charge in [0, 0.05) is 27.4 Å². The van der Waals surface area contributed by atoms with Gasteiger partial charge in [0.15, 0.2) is 0 Å². The third-order valence-electron chi connectivity index (χ3n) is 5.24. The summed E-state index contributed by atoms with van der Waals surface area (Å²) in [6.45, 7) is 1.91. The van der Waals surface area contributed by atoms with Crippen molar-refractivity contribution in [2.75, 3.05) is 5.32 Å². The number of nitrogens with zero attached hydrogens (tertiary/aromatic N) is 1. The molecule has 184 valence electrons. The van der Waals surface area contributed by atoms with Crippen molar-refractivity contribution in [2.24, 2.45) is 5.10 Å². The second kappa shape index (κ2) is 11.8. The molecule has 0 spiro atoms. The van der Waals surface area contributed by atoms with Gasteiger partial charge in [0.05, 0.1) is 11.8 Å². The van der Waals surface area contributed by atoms with Crippen molar-refractivity contribution in [3.63, 3.8) is 0 Å². The molecule has 0 unspecified atom stereocenters. The number of anilines is 1. The number of carbonyl (C=O) groups is 3. The van der Waals surface area contributed by atoms with Crippen molar-refractivity contribution in [3.05, 3.63) is 130 Å². The topological polar surface area (TPSA) is 96.9 Å². The van der Waals surface area contributed by atoms with Crippen LogP contribution in [0.4, 0.5) is 5.69 Å². The monoisotopic (exact) mass is 511 g/mol. The summed E-state index contributed by atoms with van der Waals surface area (Å²) in [5.74, 6) is -0.991. The summed E-state index contributed by atoms with van der Waals surface area (Å²) in [6.07, 6.45) is 1.34. The van der Waals surface area contributed by atoms with E-state index in [-0.39, 0.29) is 11.7 Å². The minimum absolute atomic E-state index is 0.240. The van der Waals surface area contributed by atoms with Crippen LogP contribution in [-0.4, -0.2) is 24.0 Å². The van der Waals surface area contributed by atoms with Gasteiger partial charge in [-0.15, -0.1) is 0 Å². The molecule has 2 N–H and O–H groups in total. The molecule has 0 saturated carbocycles. The zero-order valence-corrected chi connectivity index (χ0v) is 20.5. The number of ether oxygens (including phenoxy) is 1. The zero-order chi connectivity index (χ0) is 26.2. The highest BCUT2D eigenvalue weighted by atomic mass is 35.5. The van der Waals surface area contributed by atoms with Gasteiger partial charge in [-0.05, 0) is 73.7 Å². The van der Waals surface area contributed by atoms with Crippen LogP contribution in [0.1, 0.15) is 42.2 Å². The van der Waals surface area contributed by atoms with Crippen molar-refractivity contribution < 1.29 is 19.1 Å². The minimum Gasteiger partial charge on any atom is -0.422 e. The fourth-order valence-corrected chi connectivity index (χ4v) is 3.55. The number of hydrazone groups is 1. The van der Waals surface area contributed by atoms with Gasteiger partial charge in [0.2, 0.25) is 0 Å². The maximum absolute atomic E-state index is 12.5. The first-order valence-corrected chi connectivity index (χ1v) is 11.6. The Balaban J connectivity index is 1.38. The molecule has 4 aromatic carbocycles. The zero-order valence-electron chi connectivity index (χ0n) is 19.8. The van der Waals surface area contributed by atoms with Crippen molar-refractivity contribution in [1.29, 1.82) is 0 Å². The Hall–Kier alpha value is -4.75. The molecule has 0 aliphatic carbocycles. The van der Waals surface area contributed by atoms with E-state index in [2.05, 4.69) is 15.8 Å². The summed E-state index contributed by atoms with van der Waals surface area (Å²) in [5.41, 5.74) is 5.66. The number of benzene rings is 4. The summed E-state index contributed by atoms with van der Waals surface area (Å²) in [5, 5.41) is 7.19. The maximum atomic E-state index is 12.5. The predicted octanol–water partition coefficient (Wildman–Crippen LogP) is 5.88. The fourth-order valence-electron chi connectivity index (χ4n) is 3.37. The van der Waals surface area contributed by atoms with Crippen LogP contribution < -0.4 is 15.5 Å². The minimum atomic E-state index is -0.531. The number of halogens is 1. The average Bonchev–Trinajstić information content (AvgIpc) is 2.91. The third-order valence-corrected chi connectivity index (χ3v) is 5.47. The van der Waals surface area contributed by atoms with E-state index in [9.17, 15) is 14.4 Å². The highest BCUT2D eigenvalue weighted by Gasteiger charge is 2.12. The second-order valence-corrected chi connectivity index (χ2v) is 8.47. The largest absolute Gasteiger partial charge is 0.422 e. The van der Waals surface area contributed by atoms with E-state index in [1.165, 1.54) is 6.21 Å². The summed E-state index contributed by atoms with van der Waals surface area (Å²) in [4.78, 5) is 37.3. The molecule has 0 aliphatic rings. The molecule has 0 fully saturated rings. The lowest BCUT2D eigenvalue weighted by Gasteiger charge is -2.08. The number of nitrogens with one attached hydrogen (secondary N) is 2. The molecule has 0 bridgehead atoms. The molecule has 0 aliphatic heterocycles. The van der Waals surface area contributed by atoms with Gasteiger partial charge in [-0.2, -0.15) is 5.10 Å². The molecule has 7 nitrogen and oxygen atoms in total. The van der Waals surface area contributed by atoms with Crippen LogP contribution in [0, 0.1) is 6.92 Å². The van der Waals surface area contributed by atoms with E-state index in [0.29, 0.717) is 33.0 Å². The van der Waals surface area contributed by atoms with Crippen LogP contribution >= 0.6 is 11.6 Å². The number of amides is 2. The lowest BCUT2D eigenvalue weighted by atomic mass is 10.1. The smallest absolute Gasteiger partial charge is 0.343 e. The number of hydrogen-bond donors (Lipinski definition) is 2. The summed E-state index contributed by atoms with van der Waals surface area (Å²) in [7, 11) is 0. The molecule has 0 heterocycles. The van der Waals surface area contributed by atoms with Gasteiger partial charge in [-0.1, -0.05) is 47.5 Å². The molecule has 0 saturated heterocycles. The van der Waals surface area contributed by atoms with E-state index < -0.39 is 11.9 Å². The Bertz CT molecular complexity index is 1470. The van der Waals surface area contributed by atoms with Gasteiger partial charge in [0.25, 0.3) is 11.8 Å². The highest BCUT2D eigenvalue weighted by Crippen LogP contribution is 2.22. The van der Waals surface area contributed by atoms with E-state index in [4.69, 9.17) is 16.3 Å². The highest BCUT2D eigenvalue weighted by molar-refractivity contribution is 6.31. The molecule has 8 heteroatoms. The molecule has 0 aromatic heterocycles. The van der Waals surface area contributed by atoms with Crippen LogP contribution in [0.5, 0.6) is 5.75 Å². The number of hydrogen-bond acceptors (Lipinski definition) is 5. The maximum Gasteiger partial charge on any atom is 0.343 e. The molecule has 4 rings (SSSR count). The fraction of sp³-hybridized carbons (Fsp3) is 0.0345. The Morgan fingerprint density at radius 1 is 0.784 bits per heavy atom. The van der Waals surface area contributed by atoms with Gasteiger partial charge < -0.3 is 10.1 Å². The Morgan fingerprint density at radius 3 is 2.24 bits per heavy atom. The Labute approximate surface area is 218 Å². The lowest BCUT2D eigenvalue weighted by Crippen LogP contribution is -2.18. The number of aryl methyl sites for hydroxylation is 1. The summed E-state index contributed by atoms with van der Waals surface area (Å²) < 4.78 is 5.48. The van der Waals surface area contributed by atoms with Gasteiger partial charge in [-0.25, -0.2) is 10.2 Å². The van der Waals surface area contributed by atoms with E-state index in [1.54, 1.807) is 84.9 Å². The quantitative estimate of drug-likeness (QED) is 0.140. The summed E-state index contributed by atoms with van der Waals surface area (Å²) in [6, 6.07) is 26.9. The van der Waals surface area contributed by atoms with Crippen molar-refractivity contribution >= 4 is 41.3 Å². The van der Waals surface area contributed by atoms with Crippen LogP contribution in [-0.2, 0) is 0 Å². The van der Waals surface area contributed by atoms with Gasteiger partial charge >= 0.3 is 5.97 Å². The molecule has 0 atom stereocenters. The SMILES string of the molecule is Cc1cccc(C(=O)Nc2ccc(C(=O)N/N=C/c3cc(Cl)ccc3OC(=O)c3ccccc3)cc2)c1. The van der Waals surface area contributed by atoms with Crippen LogP contribution in [0.2, 0.25) is 5.02 Å². The van der Waals surface area contributed by atoms with E-state index in [0.717, 1.165) is 5.56 Å². The first kappa shape index (κ1) is 25.3. The average molecular weight is 512 g/mol. The third kappa shape index (κ3) is 6.90. The van der Waals surface area contributed by atoms with Gasteiger partial charge in [-0.3, -0.25) is 9.59 Å². The molecule has 2 amide bonds. The number of esters is 1. The van der Waals surface area contributed by atoms with Crippen molar-refractivity contribution in [2.45, 2.75) is 6.92 Å². The second-order valence-electron chi connectivity index (χ2n) is 8.04. The van der Waals surface area contributed by atoms with Crippen molar-refractivity contribution in [3.8, 4) is 5.75 Å². The summed E-state index contributed by atoms with van der Waals surface area (Å²) >= 11 is 6.09. The normalized spacial score (nSPS) is 10.6. The van der Waals surface area contributed by atoms with Crippen LogP contribution in [0.15, 0.2) is 102 Å². The van der Waals surface area contributed by atoms with Crippen LogP contribution in [0.3, 0.4) is 0 Å². The standard InChI is InChI=1S/C29H22ClN3O4/c1-19-6-5-9-22(16-19)27(34)32-25-13-10-20(11-14-25)28(35)33-31-18-23-17-24(30)12-15-26(23)37-29(36)21-7-3-2-4-8-21/h2-18H,1H3,(H,32,34)(H,33,35)/b31-18+. The molecular formula is C29H22ClN3O4. The van der Waals surface area contributed by atoms with Crippen LogP contribution in [0.25, 0.3) is 0 Å². The number of rotatable bonds is 7. The van der Waals surface area contributed by atoms with Gasteiger partial charge in [0.1, 0.15) is 5.75 Å². The molecule has 0 radical (unpaired) electrons. The molecule has 37 heavy (non-hydrogen) atoms. The lowest BCUT2D eigenvalue weighted by molar-refractivity contribution is 0.0734. The Morgan fingerprint density at radius 2 is 1.51 bits per heavy atom. The number of carbonyl (C=O) groups excluding carboxylic acids is 3. The first-order valence-electron chi connectivity index (χ1n) is 11.3. The molecular weight excluding hydrogens is 490 g/mol. The molecule has 4 aromatic rings. The van der Waals surface area contributed by atoms with E-state index >= 15 is 0 Å². The van der Waals surface area contributed by atoms with E-state index in [1.807, 2.05) is 19.1 Å². The Kier molecular flexibility index (Phi) is 8.08.